The second-order valence-corrected chi connectivity index (χ2v) is 2.73. The van der Waals surface area contributed by atoms with E-state index in [-0.39, 0.29) is 12.4 Å². The summed E-state index contributed by atoms with van der Waals surface area (Å²) in [5, 5.41) is 0. The van der Waals surface area contributed by atoms with E-state index in [0.29, 0.717) is 5.82 Å². The largest absolute Gasteiger partial charge is 0.522 e. The van der Waals surface area contributed by atoms with Crippen LogP contribution in [0, 0.1) is 0 Å². The molecule has 0 N–H and O–H groups in total. The van der Waals surface area contributed by atoms with Crippen molar-refractivity contribution in [3.63, 3.8) is 0 Å². The summed E-state index contributed by atoms with van der Waals surface area (Å²) >= 11 is 5.50. The van der Waals surface area contributed by atoms with Crippen LogP contribution in [0.1, 0.15) is 5.82 Å². The predicted octanol–water partition coefficient (Wildman–Crippen LogP) is 2.16. The third-order valence-corrected chi connectivity index (χ3v) is 1.76. The number of alkyl halides is 4. The van der Waals surface area contributed by atoms with Gasteiger partial charge in [0.15, 0.2) is 0 Å². The first-order valence-electron chi connectivity index (χ1n) is 3.79. The highest BCUT2D eigenvalue weighted by molar-refractivity contribution is 6.16. The van der Waals surface area contributed by atoms with Crippen molar-refractivity contribution in [1.29, 1.82) is 0 Å². The maximum absolute atomic E-state index is 11.6. The van der Waals surface area contributed by atoms with Crippen LogP contribution in [-0.4, -0.2) is 22.5 Å². The average molecular weight is 229 g/mol. The van der Waals surface area contributed by atoms with Crippen LogP contribution in [0.15, 0.2) is 12.4 Å². The summed E-state index contributed by atoms with van der Waals surface area (Å²) in [6.07, 6.45) is -1.55. The molecular formula is C7H8ClF3N2O. The van der Waals surface area contributed by atoms with E-state index in [1.165, 1.54) is 10.8 Å². The number of hydrogen-bond donors (Lipinski definition) is 0. The smallest absolute Gasteiger partial charge is 0.332 e. The van der Waals surface area contributed by atoms with Crippen molar-refractivity contribution in [2.24, 2.45) is 0 Å². The van der Waals surface area contributed by atoms with Gasteiger partial charge < -0.3 is 4.57 Å². The number of hydrogen-bond acceptors (Lipinski definition) is 2. The zero-order valence-corrected chi connectivity index (χ0v) is 7.85. The quantitative estimate of drug-likeness (QED) is 0.739. The number of nitrogens with zero attached hydrogens (tertiary/aromatic N) is 2. The van der Waals surface area contributed by atoms with Crippen molar-refractivity contribution in [3.05, 3.63) is 18.2 Å². The van der Waals surface area contributed by atoms with E-state index in [9.17, 15) is 13.2 Å². The standard InChI is InChI=1S/C7H8ClF3N2O/c8-5-6-12-1-2-13(6)3-4-14-7(9,10)11/h1-2H,3-5H2. The minimum Gasteiger partial charge on any atom is -0.332 e. The zero-order valence-electron chi connectivity index (χ0n) is 7.09. The van der Waals surface area contributed by atoms with E-state index in [1.54, 1.807) is 6.20 Å². The van der Waals surface area contributed by atoms with Crippen molar-refractivity contribution >= 4 is 11.6 Å². The Balaban J connectivity index is 2.38. The molecule has 0 radical (unpaired) electrons. The van der Waals surface area contributed by atoms with Gasteiger partial charge in [-0.15, -0.1) is 24.8 Å². The van der Waals surface area contributed by atoms with Gasteiger partial charge in [0.25, 0.3) is 0 Å². The van der Waals surface area contributed by atoms with Crippen LogP contribution in [-0.2, 0) is 17.2 Å². The topological polar surface area (TPSA) is 27.1 Å². The van der Waals surface area contributed by atoms with E-state index in [2.05, 4.69) is 9.72 Å². The predicted molar refractivity (Wildman–Crippen MR) is 43.8 cm³/mol. The lowest BCUT2D eigenvalue weighted by molar-refractivity contribution is -0.325. The highest BCUT2D eigenvalue weighted by Crippen LogP contribution is 2.16. The van der Waals surface area contributed by atoms with Crippen molar-refractivity contribution in [3.8, 4) is 0 Å². The first kappa shape index (κ1) is 11.3. The van der Waals surface area contributed by atoms with E-state index >= 15 is 0 Å². The fourth-order valence-electron chi connectivity index (χ4n) is 0.935. The van der Waals surface area contributed by atoms with E-state index in [0.717, 1.165) is 0 Å². The Hall–Kier alpha value is -0.750. The molecule has 0 aromatic carbocycles. The Bertz CT molecular complexity index is 287. The van der Waals surface area contributed by atoms with Gasteiger partial charge in [0.1, 0.15) is 5.82 Å². The molecule has 1 heterocycles. The van der Waals surface area contributed by atoms with Gasteiger partial charge in [-0.3, -0.25) is 4.74 Å². The molecule has 0 saturated carbocycles. The molecule has 1 aromatic heterocycles. The van der Waals surface area contributed by atoms with Crippen LogP contribution in [0.4, 0.5) is 13.2 Å². The summed E-state index contributed by atoms with van der Waals surface area (Å²) in [4.78, 5) is 3.84. The molecule has 0 unspecified atom stereocenters. The molecule has 0 fully saturated rings. The maximum atomic E-state index is 11.6. The summed E-state index contributed by atoms with van der Waals surface area (Å²) in [7, 11) is 0. The number of ether oxygens (including phenoxy) is 1. The highest BCUT2D eigenvalue weighted by atomic mass is 35.5. The van der Waals surface area contributed by atoms with Crippen molar-refractivity contribution in [1.82, 2.24) is 9.55 Å². The molecule has 0 spiro atoms. The van der Waals surface area contributed by atoms with Gasteiger partial charge in [-0.1, -0.05) is 0 Å². The van der Waals surface area contributed by atoms with Gasteiger partial charge in [-0.2, -0.15) is 0 Å². The number of rotatable bonds is 4. The number of aromatic nitrogens is 2. The minimum atomic E-state index is -4.58. The van der Waals surface area contributed by atoms with Crippen LogP contribution < -0.4 is 0 Å². The lowest BCUT2D eigenvalue weighted by atomic mass is 10.6. The molecule has 3 nitrogen and oxygen atoms in total. The lowest BCUT2D eigenvalue weighted by Gasteiger charge is -2.08. The normalized spacial score (nSPS) is 12.0. The number of halogens is 4. The monoisotopic (exact) mass is 228 g/mol. The lowest BCUT2D eigenvalue weighted by Crippen LogP contribution is -2.17. The van der Waals surface area contributed by atoms with Gasteiger partial charge in [-0.25, -0.2) is 4.98 Å². The first-order chi connectivity index (χ1) is 6.53. The molecule has 1 rings (SSSR count). The SMILES string of the molecule is FC(F)(F)OCCn1ccnc1CCl. The van der Waals surface area contributed by atoms with Gasteiger partial charge in [-0.05, 0) is 0 Å². The average Bonchev–Trinajstić information content (AvgIpc) is 2.49. The van der Waals surface area contributed by atoms with E-state index in [4.69, 9.17) is 11.6 Å². The Morgan fingerprint density at radius 2 is 2.21 bits per heavy atom. The molecule has 7 heteroatoms. The van der Waals surface area contributed by atoms with Crippen LogP contribution in [0.5, 0.6) is 0 Å². The van der Waals surface area contributed by atoms with Crippen LogP contribution in [0.25, 0.3) is 0 Å². The summed E-state index contributed by atoms with van der Waals surface area (Å²) in [5.74, 6) is 0.691. The summed E-state index contributed by atoms with van der Waals surface area (Å²) in [6.45, 7) is -0.356. The molecule has 80 valence electrons. The Morgan fingerprint density at radius 3 is 2.79 bits per heavy atom. The zero-order chi connectivity index (χ0) is 10.6. The Kier molecular flexibility index (Phi) is 3.77. The molecule has 1 aromatic rings. The van der Waals surface area contributed by atoms with Crippen LogP contribution >= 0.6 is 11.6 Å². The van der Waals surface area contributed by atoms with Crippen molar-refractivity contribution in [2.75, 3.05) is 6.61 Å². The minimum absolute atomic E-state index is 0.0849. The highest BCUT2D eigenvalue weighted by Gasteiger charge is 2.28. The molecular weight excluding hydrogens is 221 g/mol. The third kappa shape index (κ3) is 3.55. The molecule has 0 saturated heterocycles. The molecule has 0 aliphatic heterocycles. The van der Waals surface area contributed by atoms with Crippen molar-refractivity contribution < 1.29 is 17.9 Å². The van der Waals surface area contributed by atoms with Gasteiger partial charge >= 0.3 is 6.36 Å². The van der Waals surface area contributed by atoms with Crippen LogP contribution in [0.3, 0.4) is 0 Å². The molecule has 14 heavy (non-hydrogen) atoms. The Labute approximate surface area is 83.4 Å². The number of imidazole rings is 1. The fourth-order valence-corrected chi connectivity index (χ4v) is 1.16. The summed E-state index contributed by atoms with van der Waals surface area (Å²) in [6, 6.07) is 0. The van der Waals surface area contributed by atoms with E-state index in [1.807, 2.05) is 0 Å². The van der Waals surface area contributed by atoms with E-state index < -0.39 is 13.0 Å². The second-order valence-electron chi connectivity index (χ2n) is 2.46. The van der Waals surface area contributed by atoms with Gasteiger partial charge in [0.2, 0.25) is 0 Å². The second kappa shape index (κ2) is 4.65. The van der Waals surface area contributed by atoms with Gasteiger partial charge in [0, 0.05) is 18.9 Å². The molecule has 0 aliphatic carbocycles. The van der Waals surface area contributed by atoms with Crippen LogP contribution in [0.2, 0.25) is 0 Å². The first-order valence-corrected chi connectivity index (χ1v) is 4.33. The summed E-state index contributed by atoms with van der Waals surface area (Å²) in [5.41, 5.74) is 0. The maximum Gasteiger partial charge on any atom is 0.522 e. The Morgan fingerprint density at radius 1 is 1.50 bits per heavy atom. The molecule has 0 bridgehead atoms. The molecule has 0 amide bonds. The molecule has 0 atom stereocenters. The van der Waals surface area contributed by atoms with Crippen molar-refractivity contribution in [2.45, 2.75) is 18.8 Å². The third-order valence-electron chi connectivity index (χ3n) is 1.52. The fraction of sp³-hybridized carbons (Fsp3) is 0.571. The van der Waals surface area contributed by atoms with Gasteiger partial charge in [0.05, 0.1) is 12.5 Å². The molecule has 0 aliphatic rings. The summed E-state index contributed by atoms with van der Waals surface area (Å²) < 4.78 is 39.9.